The Labute approximate surface area is 127 Å². The van der Waals surface area contributed by atoms with Crippen LogP contribution in [0.2, 0.25) is 0 Å². The average Bonchev–Trinajstić information content (AvgIpc) is 2.89. The van der Waals surface area contributed by atoms with Crippen LogP contribution in [0.15, 0.2) is 10.4 Å². The van der Waals surface area contributed by atoms with Crippen LogP contribution in [0.1, 0.15) is 50.7 Å². The second-order valence-electron chi connectivity index (χ2n) is 5.33. The molecule has 2 N–H and O–H groups in total. The van der Waals surface area contributed by atoms with Crippen molar-refractivity contribution in [3.8, 4) is 0 Å². The third-order valence-electron chi connectivity index (χ3n) is 3.06. The van der Waals surface area contributed by atoms with Gasteiger partial charge in [0, 0.05) is 19.0 Å². The van der Waals surface area contributed by atoms with Crippen LogP contribution in [0.4, 0.5) is 0 Å². The molecule has 0 amide bonds. The van der Waals surface area contributed by atoms with Gasteiger partial charge in [-0.25, -0.2) is 4.98 Å². The Hall–Kier alpha value is -1.10. The Morgan fingerprint density at radius 2 is 2.15 bits per heavy atom. The van der Waals surface area contributed by atoms with Crippen molar-refractivity contribution in [2.24, 2.45) is 10.9 Å². The summed E-state index contributed by atoms with van der Waals surface area (Å²) in [6, 6.07) is 0. The topological polar surface area (TPSA) is 49.3 Å². The van der Waals surface area contributed by atoms with Gasteiger partial charge in [0.2, 0.25) is 0 Å². The zero-order valence-corrected chi connectivity index (χ0v) is 14.0. The molecule has 1 rings (SSSR count). The summed E-state index contributed by atoms with van der Waals surface area (Å²) in [7, 11) is 1.81. The predicted molar refractivity (Wildman–Crippen MR) is 88.4 cm³/mol. The number of aromatic nitrogens is 1. The number of unbranched alkanes of at least 4 members (excludes halogenated alkanes) is 1. The third-order valence-corrected chi connectivity index (χ3v) is 4.10. The number of nitrogens with zero attached hydrogens (tertiary/aromatic N) is 2. The van der Waals surface area contributed by atoms with E-state index in [1.165, 1.54) is 24.3 Å². The molecule has 0 saturated carbocycles. The monoisotopic (exact) mass is 296 g/mol. The zero-order chi connectivity index (χ0) is 14.8. The van der Waals surface area contributed by atoms with Gasteiger partial charge in [-0.3, -0.25) is 4.99 Å². The molecule has 20 heavy (non-hydrogen) atoms. The van der Waals surface area contributed by atoms with E-state index < -0.39 is 0 Å². The van der Waals surface area contributed by atoms with Gasteiger partial charge in [0.05, 0.1) is 17.2 Å². The maximum atomic E-state index is 4.54. The number of hydrogen-bond acceptors (Lipinski definition) is 3. The molecule has 0 aliphatic carbocycles. The highest BCUT2D eigenvalue weighted by molar-refractivity contribution is 7.09. The van der Waals surface area contributed by atoms with Gasteiger partial charge >= 0.3 is 0 Å². The minimum Gasteiger partial charge on any atom is -0.356 e. The summed E-state index contributed by atoms with van der Waals surface area (Å²) in [5, 5.41) is 9.96. The van der Waals surface area contributed by atoms with Crippen molar-refractivity contribution in [2.75, 3.05) is 13.6 Å². The van der Waals surface area contributed by atoms with Crippen molar-refractivity contribution in [3.63, 3.8) is 0 Å². The van der Waals surface area contributed by atoms with E-state index in [-0.39, 0.29) is 0 Å². The van der Waals surface area contributed by atoms with Gasteiger partial charge in [0.1, 0.15) is 0 Å². The SMILES string of the molecule is CCc1nc(CNC(=NC)NCCCCC(C)C)cs1. The molecule has 114 valence electrons. The number of nitrogens with one attached hydrogen (secondary N) is 2. The molecule has 0 aliphatic rings. The molecule has 1 heterocycles. The standard InChI is InChI=1S/C15H28N4S/c1-5-14-19-13(11-20-14)10-18-15(16-4)17-9-7-6-8-12(2)3/h11-12H,5-10H2,1-4H3,(H2,16,17,18). The van der Waals surface area contributed by atoms with Crippen molar-refractivity contribution in [1.29, 1.82) is 0 Å². The summed E-state index contributed by atoms with van der Waals surface area (Å²) in [5.41, 5.74) is 1.09. The van der Waals surface area contributed by atoms with Gasteiger partial charge in [-0.05, 0) is 18.8 Å². The Morgan fingerprint density at radius 3 is 2.75 bits per heavy atom. The van der Waals surface area contributed by atoms with E-state index in [0.717, 1.165) is 37.1 Å². The highest BCUT2D eigenvalue weighted by Crippen LogP contribution is 2.09. The first kappa shape index (κ1) is 17.0. The second kappa shape index (κ2) is 9.75. The molecule has 1 aromatic heterocycles. The van der Waals surface area contributed by atoms with Gasteiger partial charge in [0.15, 0.2) is 5.96 Å². The van der Waals surface area contributed by atoms with Gasteiger partial charge in [0.25, 0.3) is 0 Å². The maximum Gasteiger partial charge on any atom is 0.191 e. The average molecular weight is 296 g/mol. The summed E-state index contributed by atoms with van der Waals surface area (Å²) >= 11 is 1.72. The third kappa shape index (κ3) is 6.89. The van der Waals surface area contributed by atoms with Crippen LogP contribution < -0.4 is 10.6 Å². The molecule has 4 nitrogen and oxygen atoms in total. The molecule has 0 aromatic carbocycles. The van der Waals surface area contributed by atoms with E-state index >= 15 is 0 Å². The smallest absolute Gasteiger partial charge is 0.191 e. The fraction of sp³-hybridized carbons (Fsp3) is 0.733. The van der Waals surface area contributed by atoms with E-state index in [2.05, 4.69) is 46.8 Å². The molecule has 0 fully saturated rings. The van der Waals surface area contributed by atoms with Crippen LogP contribution in [0.25, 0.3) is 0 Å². The first-order chi connectivity index (χ1) is 9.65. The van der Waals surface area contributed by atoms with E-state index in [1.54, 1.807) is 11.3 Å². The molecule has 0 saturated heterocycles. The molecule has 0 bridgehead atoms. The summed E-state index contributed by atoms with van der Waals surface area (Å²) in [6.45, 7) is 8.39. The van der Waals surface area contributed by atoms with Gasteiger partial charge in [-0.15, -0.1) is 11.3 Å². The Morgan fingerprint density at radius 1 is 1.35 bits per heavy atom. The lowest BCUT2D eigenvalue weighted by Crippen LogP contribution is -2.37. The van der Waals surface area contributed by atoms with Crippen LogP contribution in [-0.4, -0.2) is 24.5 Å². The van der Waals surface area contributed by atoms with Crippen LogP contribution >= 0.6 is 11.3 Å². The molecular formula is C15H28N4S. The predicted octanol–water partition coefficient (Wildman–Crippen LogP) is 3.20. The fourth-order valence-corrected chi connectivity index (χ4v) is 2.62. The molecule has 1 aromatic rings. The molecule has 0 spiro atoms. The minimum absolute atomic E-state index is 0.738. The van der Waals surface area contributed by atoms with Crippen molar-refractivity contribution < 1.29 is 0 Å². The highest BCUT2D eigenvalue weighted by atomic mass is 32.1. The van der Waals surface area contributed by atoms with Crippen molar-refractivity contribution in [2.45, 2.75) is 53.0 Å². The molecular weight excluding hydrogens is 268 g/mol. The van der Waals surface area contributed by atoms with Crippen molar-refractivity contribution in [1.82, 2.24) is 15.6 Å². The van der Waals surface area contributed by atoms with E-state index in [4.69, 9.17) is 0 Å². The summed E-state index contributed by atoms with van der Waals surface area (Å²) in [4.78, 5) is 8.77. The molecule has 0 radical (unpaired) electrons. The largest absolute Gasteiger partial charge is 0.356 e. The number of aryl methyl sites for hydroxylation is 1. The Kier molecular flexibility index (Phi) is 8.26. The zero-order valence-electron chi connectivity index (χ0n) is 13.2. The van der Waals surface area contributed by atoms with Crippen LogP contribution in [0.3, 0.4) is 0 Å². The van der Waals surface area contributed by atoms with Crippen molar-refractivity contribution in [3.05, 3.63) is 16.1 Å². The minimum atomic E-state index is 0.738. The number of rotatable bonds is 8. The van der Waals surface area contributed by atoms with Crippen LogP contribution in [0, 0.1) is 5.92 Å². The lowest BCUT2D eigenvalue weighted by atomic mass is 10.1. The van der Waals surface area contributed by atoms with Gasteiger partial charge in [-0.1, -0.05) is 33.6 Å². The van der Waals surface area contributed by atoms with E-state index in [1.807, 2.05) is 7.05 Å². The highest BCUT2D eigenvalue weighted by Gasteiger charge is 2.02. The summed E-state index contributed by atoms with van der Waals surface area (Å²) < 4.78 is 0. The first-order valence-electron chi connectivity index (χ1n) is 7.53. The lowest BCUT2D eigenvalue weighted by Gasteiger charge is -2.11. The fourth-order valence-electron chi connectivity index (χ4n) is 1.87. The Bertz CT molecular complexity index is 398. The quantitative estimate of drug-likeness (QED) is 0.440. The molecule has 5 heteroatoms. The van der Waals surface area contributed by atoms with Crippen molar-refractivity contribution >= 4 is 17.3 Å². The van der Waals surface area contributed by atoms with E-state index in [9.17, 15) is 0 Å². The Balaban J connectivity index is 2.19. The summed E-state index contributed by atoms with van der Waals surface area (Å²) in [6.07, 6.45) is 4.77. The number of thiazole rings is 1. The normalized spacial score (nSPS) is 11.9. The molecule has 0 unspecified atom stereocenters. The maximum absolute atomic E-state index is 4.54. The molecule has 0 aliphatic heterocycles. The van der Waals surface area contributed by atoms with Gasteiger partial charge in [-0.2, -0.15) is 0 Å². The number of guanidine groups is 1. The number of hydrogen-bond donors (Lipinski definition) is 2. The second-order valence-corrected chi connectivity index (χ2v) is 6.27. The van der Waals surface area contributed by atoms with E-state index in [0.29, 0.717) is 0 Å². The summed E-state index contributed by atoms with van der Waals surface area (Å²) in [5.74, 6) is 1.66. The number of aliphatic imine (C=N–C) groups is 1. The van der Waals surface area contributed by atoms with Crippen LogP contribution in [0.5, 0.6) is 0 Å². The molecule has 0 atom stereocenters. The lowest BCUT2D eigenvalue weighted by molar-refractivity contribution is 0.534. The van der Waals surface area contributed by atoms with Gasteiger partial charge < -0.3 is 10.6 Å². The first-order valence-corrected chi connectivity index (χ1v) is 8.41. The van der Waals surface area contributed by atoms with Crippen LogP contribution in [-0.2, 0) is 13.0 Å².